The third-order valence-electron chi connectivity index (χ3n) is 4.55. The van der Waals surface area contributed by atoms with E-state index in [-0.39, 0.29) is 18.2 Å². The SMILES string of the molecule is CC(c1ccc(OC(F)F)cc1)N1CCC(CCC(=O)O)CC1. The molecule has 0 aliphatic carbocycles. The number of piperidine rings is 1. The molecule has 0 saturated carbocycles. The number of likely N-dealkylation sites (tertiary alicyclic amines) is 1. The van der Waals surface area contributed by atoms with Gasteiger partial charge in [0, 0.05) is 12.5 Å². The molecule has 6 heteroatoms. The molecular weight excluding hydrogens is 304 g/mol. The van der Waals surface area contributed by atoms with Crippen molar-refractivity contribution < 1.29 is 23.4 Å². The van der Waals surface area contributed by atoms with Crippen molar-refractivity contribution in [3.05, 3.63) is 29.8 Å². The molecule has 1 saturated heterocycles. The first kappa shape index (κ1) is 17.7. The van der Waals surface area contributed by atoms with Gasteiger partial charge in [0.1, 0.15) is 5.75 Å². The monoisotopic (exact) mass is 327 g/mol. The predicted molar refractivity (Wildman–Crippen MR) is 82.7 cm³/mol. The van der Waals surface area contributed by atoms with Crippen molar-refractivity contribution in [3.8, 4) is 5.75 Å². The number of hydrogen-bond acceptors (Lipinski definition) is 3. The fourth-order valence-electron chi connectivity index (χ4n) is 3.10. The van der Waals surface area contributed by atoms with Gasteiger partial charge in [-0.25, -0.2) is 0 Å². The smallest absolute Gasteiger partial charge is 0.387 e. The van der Waals surface area contributed by atoms with E-state index in [9.17, 15) is 13.6 Å². The molecule has 1 aromatic rings. The van der Waals surface area contributed by atoms with Crippen molar-refractivity contribution in [1.29, 1.82) is 0 Å². The standard InChI is InChI=1S/C17H23F2NO3/c1-12(14-3-5-15(6-4-14)23-17(18)19)20-10-8-13(9-11-20)2-7-16(21)22/h3-6,12-13,17H,2,7-11H2,1H3,(H,21,22). The quantitative estimate of drug-likeness (QED) is 0.824. The van der Waals surface area contributed by atoms with Gasteiger partial charge in [0.15, 0.2) is 0 Å². The molecule has 4 nitrogen and oxygen atoms in total. The highest BCUT2D eigenvalue weighted by Gasteiger charge is 2.23. The van der Waals surface area contributed by atoms with Gasteiger partial charge in [-0.2, -0.15) is 8.78 Å². The molecule has 1 heterocycles. The summed E-state index contributed by atoms with van der Waals surface area (Å²) in [4.78, 5) is 13.0. The molecule has 1 aliphatic rings. The minimum Gasteiger partial charge on any atom is -0.481 e. The Hall–Kier alpha value is -1.69. The number of carbonyl (C=O) groups is 1. The molecular formula is C17H23F2NO3. The number of rotatable bonds is 7. The topological polar surface area (TPSA) is 49.8 Å². The third kappa shape index (κ3) is 5.46. The van der Waals surface area contributed by atoms with E-state index in [1.807, 2.05) is 12.1 Å². The zero-order valence-electron chi connectivity index (χ0n) is 13.3. The number of carboxylic acids is 1. The highest BCUT2D eigenvalue weighted by molar-refractivity contribution is 5.66. The second kappa shape index (κ2) is 8.24. The zero-order valence-corrected chi connectivity index (χ0v) is 13.3. The van der Waals surface area contributed by atoms with Crippen LogP contribution < -0.4 is 4.74 Å². The van der Waals surface area contributed by atoms with Crippen molar-refractivity contribution in [2.24, 2.45) is 5.92 Å². The molecule has 1 aromatic carbocycles. The second-order valence-electron chi connectivity index (χ2n) is 6.04. The van der Waals surface area contributed by atoms with E-state index in [4.69, 9.17) is 5.11 Å². The van der Waals surface area contributed by atoms with Gasteiger partial charge in [0.25, 0.3) is 0 Å². The maximum atomic E-state index is 12.2. The average molecular weight is 327 g/mol. The molecule has 2 rings (SSSR count). The molecule has 1 fully saturated rings. The van der Waals surface area contributed by atoms with Gasteiger partial charge in [0.2, 0.25) is 0 Å². The van der Waals surface area contributed by atoms with Crippen LogP contribution in [0.1, 0.15) is 44.2 Å². The lowest BCUT2D eigenvalue weighted by atomic mass is 9.91. The largest absolute Gasteiger partial charge is 0.481 e. The zero-order chi connectivity index (χ0) is 16.8. The highest BCUT2D eigenvalue weighted by atomic mass is 19.3. The van der Waals surface area contributed by atoms with Gasteiger partial charge in [-0.1, -0.05) is 12.1 Å². The lowest BCUT2D eigenvalue weighted by molar-refractivity contribution is -0.137. The summed E-state index contributed by atoms with van der Waals surface area (Å²) in [5, 5.41) is 8.74. The Balaban J connectivity index is 1.84. The average Bonchev–Trinajstić information content (AvgIpc) is 2.53. The number of benzene rings is 1. The summed E-state index contributed by atoms with van der Waals surface area (Å²) in [6, 6.07) is 6.98. The molecule has 0 bridgehead atoms. The van der Waals surface area contributed by atoms with Crippen molar-refractivity contribution >= 4 is 5.97 Å². The summed E-state index contributed by atoms with van der Waals surface area (Å²) in [7, 11) is 0. The second-order valence-corrected chi connectivity index (χ2v) is 6.04. The maximum Gasteiger partial charge on any atom is 0.387 e. The minimum atomic E-state index is -2.80. The van der Waals surface area contributed by atoms with Crippen molar-refractivity contribution in [2.45, 2.75) is 45.3 Å². The Morgan fingerprint density at radius 2 is 1.91 bits per heavy atom. The van der Waals surface area contributed by atoms with Crippen molar-refractivity contribution in [1.82, 2.24) is 4.90 Å². The number of nitrogens with zero attached hydrogens (tertiary/aromatic N) is 1. The lowest BCUT2D eigenvalue weighted by Gasteiger charge is -2.36. The van der Waals surface area contributed by atoms with E-state index >= 15 is 0 Å². The van der Waals surface area contributed by atoms with E-state index in [1.54, 1.807) is 12.1 Å². The van der Waals surface area contributed by atoms with Gasteiger partial charge in [-0.3, -0.25) is 9.69 Å². The number of ether oxygens (including phenoxy) is 1. The third-order valence-corrected chi connectivity index (χ3v) is 4.55. The van der Waals surface area contributed by atoms with Gasteiger partial charge in [0.05, 0.1) is 0 Å². The number of aliphatic carboxylic acids is 1. The van der Waals surface area contributed by atoms with Crippen molar-refractivity contribution in [3.63, 3.8) is 0 Å². The molecule has 128 valence electrons. The van der Waals surface area contributed by atoms with Crippen LogP contribution in [0.4, 0.5) is 8.78 Å². The first-order chi connectivity index (χ1) is 11.0. The summed E-state index contributed by atoms with van der Waals surface area (Å²) in [6.07, 6.45) is 3.00. The molecule has 1 N–H and O–H groups in total. The van der Waals surface area contributed by atoms with E-state index in [0.29, 0.717) is 5.92 Å². The first-order valence-electron chi connectivity index (χ1n) is 7.96. The molecule has 1 atom stereocenters. The van der Waals surface area contributed by atoms with Gasteiger partial charge >= 0.3 is 12.6 Å². The molecule has 1 unspecified atom stereocenters. The molecule has 0 aromatic heterocycles. The minimum absolute atomic E-state index is 0.170. The Kier molecular flexibility index (Phi) is 6.33. The van der Waals surface area contributed by atoms with Crippen LogP contribution in [0.2, 0.25) is 0 Å². The molecule has 0 amide bonds. The van der Waals surface area contributed by atoms with Crippen LogP contribution in [0.25, 0.3) is 0 Å². The summed E-state index contributed by atoms with van der Waals surface area (Å²) in [5.74, 6) is -0.0772. The van der Waals surface area contributed by atoms with Crippen LogP contribution in [-0.2, 0) is 4.79 Å². The van der Waals surface area contributed by atoms with Gasteiger partial charge < -0.3 is 9.84 Å². The Morgan fingerprint density at radius 1 is 1.30 bits per heavy atom. The van der Waals surface area contributed by atoms with Crippen LogP contribution in [0.3, 0.4) is 0 Å². The first-order valence-corrected chi connectivity index (χ1v) is 7.96. The van der Waals surface area contributed by atoms with E-state index in [1.165, 1.54) is 0 Å². The van der Waals surface area contributed by atoms with Gasteiger partial charge in [-0.15, -0.1) is 0 Å². The Labute approximate surface area is 135 Å². The van der Waals surface area contributed by atoms with Crippen LogP contribution in [0.5, 0.6) is 5.75 Å². The number of halogens is 2. The Bertz CT molecular complexity index is 499. The summed E-state index contributed by atoms with van der Waals surface area (Å²) in [6.45, 7) is 1.16. The fourth-order valence-corrected chi connectivity index (χ4v) is 3.10. The van der Waals surface area contributed by atoms with Gasteiger partial charge in [-0.05, 0) is 62.9 Å². The van der Waals surface area contributed by atoms with E-state index < -0.39 is 12.6 Å². The molecule has 1 aliphatic heterocycles. The summed E-state index contributed by atoms with van der Waals surface area (Å²) >= 11 is 0. The maximum absolute atomic E-state index is 12.2. The van der Waals surface area contributed by atoms with Crippen LogP contribution in [0.15, 0.2) is 24.3 Å². The highest BCUT2D eigenvalue weighted by Crippen LogP contribution is 2.29. The lowest BCUT2D eigenvalue weighted by Crippen LogP contribution is -2.35. The number of carboxylic acid groups (broad SMARTS) is 1. The van der Waals surface area contributed by atoms with Crippen LogP contribution >= 0.6 is 0 Å². The molecule has 0 radical (unpaired) electrons. The van der Waals surface area contributed by atoms with E-state index in [2.05, 4.69) is 16.6 Å². The predicted octanol–water partition coefficient (Wildman–Crippen LogP) is 3.93. The number of alkyl halides is 2. The molecule has 0 spiro atoms. The van der Waals surface area contributed by atoms with Crippen LogP contribution in [-0.4, -0.2) is 35.7 Å². The number of hydrogen-bond donors (Lipinski definition) is 1. The summed E-state index contributed by atoms with van der Waals surface area (Å²) in [5.41, 5.74) is 1.07. The molecule has 23 heavy (non-hydrogen) atoms. The van der Waals surface area contributed by atoms with E-state index in [0.717, 1.165) is 37.9 Å². The Morgan fingerprint density at radius 3 is 2.43 bits per heavy atom. The normalized spacial score (nSPS) is 18.1. The fraction of sp³-hybridized carbons (Fsp3) is 0.588. The van der Waals surface area contributed by atoms with Crippen molar-refractivity contribution in [2.75, 3.05) is 13.1 Å². The summed E-state index contributed by atoms with van der Waals surface area (Å²) < 4.78 is 28.7. The van der Waals surface area contributed by atoms with Crippen LogP contribution in [0, 0.1) is 5.92 Å².